The molecular weight excluding hydrogens is 164 g/mol. The van der Waals surface area contributed by atoms with E-state index in [-0.39, 0.29) is 0 Å². The van der Waals surface area contributed by atoms with Gasteiger partial charge in [0.25, 0.3) is 0 Å². The maximum absolute atomic E-state index is 4.40. The first-order valence-corrected chi connectivity index (χ1v) is 4.54. The summed E-state index contributed by atoms with van der Waals surface area (Å²) < 4.78 is 1.79. The minimum Gasteiger partial charge on any atom is -0.232 e. The molecule has 0 atom stereocenters. The third-order valence-electron chi connectivity index (χ3n) is 2.12. The lowest BCUT2D eigenvalue weighted by Gasteiger charge is -2.02. The van der Waals surface area contributed by atoms with Gasteiger partial charge in [-0.3, -0.25) is 0 Å². The zero-order valence-corrected chi connectivity index (χ0v) is 7.86. The molecule has 0 saturated heterocycles. The maximum Gasteiger partial charge on any atom is 0.176 e. The van der Waals surface area contributed by atoms with Gasteiger partial charge >= 0.3 is 0 Å². The van der Waals surface area contributed by atoms with Gasteiger partial charge in [-0.05, 0) is 18.9 Å². The molecule has 0 unspecified atom stereocenters. The SMILES string of the molecule is CCc1cc(CC)n2nncc2n1. The van der Waals surface area contributed by atoms with Crippen LogP contribution >= 0.6 is 0 Å². The third kappa shape index (κ3) is 1.28. The van der Waals surface area contributed by atoms with Crippen LogP contribution < -0.4 is 0 Å². The third-order valence-corrected chi connectivity index (χ3v) is 2.12. The van der Waals surface area contributed by atoms with Crippen LogP contribution in [0.1, 0.15) is 25.2 Å². The molecule has 68 valence electrons. The van der Waals surface area contributed by atoms with Crippen molar-refractivity contribution in [3.63, 3.8) is 0 Å². The Bertz CT molecular complexity index is 418. The van der Waals surface area contributed by atoms with Crippen LogP contribution in [-0.4, -0.2) is 19.8 Å². The summed E-state index contributed by atoms with van der Waals surface area (Å²) in [6.45, 7) is 4.21. The molecule has 0 aliphatic heterocycles. The van der Waals surface area contributed by atoms with E-state index in [1.807, 2.05) is 0 Å². The van der Waals surface area contributed by atoms with Gasteiger partial charge in [0.1, 0.15) is 0 Å². The van der Waals surface area contributed by atoms with Crippen LogP contribution in [-0.2, 0) is 12.8 Å². The molecule has 2 heterocycles. The zero-order valence-electron chi connectivity index (χ0n) is 7.86. The van der Waals surface area contributed by atoms with E-state index in [4.69, 9.17) is 0 Å². The number of hydrogen-bond donors (Lipinski definition) is 0. The molecule has 0 bridgehead atoms. The van der Waals surface area contributed by atoms with Crippen LogP contribution in [0.4, 0.5) is 0 Å². The van der Waals surface area contributed by atoms with E-state index in [1.54, 1.807) is 10.7 Å². The molecule has 0 fully saturated rings. The molecule has 13 heavy (non-hydrogen) atoms. The lowest BCUT2D eigenvalue weighted by atomic mass is 10.2. The van der Waals surface area contributed by atoms with Crippen LogP contribution in [0, 0.1) is 0 Å². The summed E-state index contributed by atoms with van der Waals surface area (Å²) in [4.78, 5) is 4.40. The van der Waals surface area contributed by atoms with Crippen molar-refractivity contribution in [2.75, 3.05) is 0 Å². The number of aryl methyl sites for hydroxylation is 2. The fourth-order valence-corrected chi connectivity index (χ4v) is 1.38. The van der Waals surface area contributed by atoms with Crippen LogP contribution in [0.3, 0.4) is 0 Å². The molecule has 0 aliphatic rings. The average Bonchev–Trinajstić information content (AvgIpc) is 2.63. The highest BCUT2D eigenvalue weighted by Gasteiger charge is 2.03. The van der Waals surface area contributed by atoms with Crippen molar-refractivity contribution in [1.29, 1.82) is 0 Å². The molecular formula is C9H12N4. The molecule has 0 radical (unpaired) electrons. The lowest BCUT2D eigenvalue weighted by Crippen LogP contribution is -2.01. The molecule has 4 heteroatoms. The minimum atomic E-state index is 0.844. The van der Waals surface area contributed by atoms with Gasteiger partial charge in [-0.15, -0.1) is 5.10 Å². The molecule has 2 aromatic heterocycles. The van der Waals surface area contributed by atoms with Crippen molar-refractivity contribution >= 4 is 5.65 Å². The minimum absolute atomic E-state index is 0.844. The second-order valence-electron chi connectivity index (χ2n) is 2.95. The Hall–Kier alpha value is -1.45. The second kappa shape index (κ2) is 3.12. The summed E-state index contributed by atoms with van der Waals surface area (Å²) >= 11 is 0. The lowest BCUT2D eigenvalue weighted by molar-refractivity contribution is 0.783. The summed E-state index contributed by atoms with van der Waals surface area (Å²) in [5.41, 5.74) is 3.11. The van der Waals surface area contributed by atoms with Gasteiger partial charge in [0.05, 0.1) is 6.20 Å². The van der Waals surface area contributed by atoms with E-state index < -0.39 is 0 Å². The van der Waals surface area contributed by atoms with E-state index in [9.17, 15) is 0 Å². The van der Waals surface area contributed by atoms with Crippen LogP contribution in [0.2, 0.25) is 0 Å². The largest absolute Gasteiger partial charge is 0.232 e. The van der Waals surface area contributed by atoms with E-state index in [0.29, 0.717) is 0 Å². The summed E-state index contributed by atoms with van der Waals surface area (Å²) in [5.74, 6) is 0. The van der Waals surface area contributed by atoms with Gasteiger partial charge in [-0.1, -0.05) is 19.1 Å². The Labute approximate surface area is 76.6 Å². The summed E-state index contributed by atoms with van der Waals surface area (Å²) in [7, 11) is 0. The van der Waals surface area contributed by atoms with Gasteiger partial charge in [-0.2, -0.15) is 4.52 Å². The van der Waals surface area contributed by atoms with E-state index >= 15 is 0 Å². The quantitative estimate of drug-likeness (QED) is 0.691. The monoisotopic (exact) mass is 176 g/mol. The summed E-state index contributed by atoms with van der Waals surface area (Å²) in [5, 5.41) is 7.80. The maximum atomic E-state index is 4.40. The molecule has 0 spiro atoms. The Balaban J connectivity index is 2.70. The zero-order chi connectivity index (χ0) is 9.26. The highest BCUT2D eigenvalue weighted by Crippen LogP contribution is 2.07. The molecule has 0 N–H and O–H groups in total. The normalized spacial score (nSPS) is 10.9. The molecule has 2 rings (SSSR count). The number of nitrogens with zero attached hydrogens (tertiary/aromatic N) is 4. The Morgan fingerprint density at radius 2 is 2.15 bits per heavy atom. The number of aromatic nitrogens is 4. The number of rotatable bonds is 2. The van der Waals surface area contributed by atoms with E-state index in [0.717, 1.165) is 24.2 Å². The van der Waals surface area contributed by atoms with Crippen molar-refractivity contribution in [3.8, 4) is 0 Å². The molecule has 0 saturated carbocycles. The van der Waals surface area contributed by atoms with Crippen LogP contribution in [0.5, 0.6) is 0 Å². The van der Waals surface area contributed by atoms with Gasteiger partial charge in [0, 0.05) is 11.4 Å². The van der Waals surface area contributed by atoms with Gasteiger partial charge in [0.2, 0.25) is 0 Å². The fraction of sp³-hybridized carbons (Fsp3) is 0.444. The molecule has 0 aromatic carbocycles. The van der Waals surface area contributed by atoms with Crippen molar-refractivity contribution < 1.29 is 0 Å². The van der Waals surface area contributed by atoms with Crippen molar-refractivity contribution in [3.05, 3.63) is 23.7 Å². The van der Waals surface area contributed by atoms with E-state index in [2.05, 4.69) is 35.2 Å². The molecule has 0 amide bonds. The molecule has 4 nitrogen and oxygen atoms in total. The number of hydrogen-bond acceptors (Lipinski definition) is 3. The van der Waals surface area contributed by atoms with Crippen LogP contribution in [0.15, 0.2) is 12.3 Å². The molecule has 2 aromatic rings. The smallest absolute Gasteiger partial charge is 0.176 e. The Morgan fingerprint density at radius 3 is 2.85 bits per heavy atom. The Morgan fingerprint density at radius 1 is 1.31 bits per heavy atom. The topological polar surface area (TPSA) is 43.1 Å². The van der Waals surface area contributed by atoms with Gasteiger partial charge in [0.15, 0.2) is 5.65 Å². The second-order valence-corrected chi connectivity index (χ2v) is 2.95. The summed E-state index contributed by atoms with van der Waals surface area (Å²) in [6, 6.07) is 2.08. The van der Waals surface area contributed by atoms with Gasteiger partial charge < -0.3 is 0 Å². The van der Waals surface area contributed by atoms with Crippen molar-refractivity contribution in [1.82, 2.24) is 19.8 Å². The predicted molar refractivity (Wildman–Crippen MR) is 49.5 cm³/mol. The first-order chi connectivity index (χ1) is 6.35. The Kier molecular flexibility index (Phi) is 1.96. The first-order valence-electron chi connectivity index (χ1n) is 4.54. The van der Waals surface area contributed by atoms with Crippen LogP contribution in [0.25, 0.3) is 5.65 Å². The number of fused-ring (bicyclic) bond motifs is 1. The highest BCUT2D eigenvalue weighted by atomic mass is 15.4. The highest BCUT2D eigenvalue weighted by molar-refractivity contribution is 5.36. The first kappa shape index (κ1) is 8.16. The standard InChI is InChI=1S/C9H12N4/c1-3-7-5-8(4-2)13-9(11-7)6-10-12-13/h5-6H,3-4H2,1-2H3. The fourth-order valence-electron chi connectivity index (χ4n) is 1.38. The molecule has 0 aliphatic carbocycles. The van der Waals surface area contributed by atoms with Crippen molar-refractivity contribution in [2.24, 2.45) is 0 Å². The summed E-state index contributed by atoms with van der Waals surface area (Å²) in [6.07, 6.45) is 3.60. The average molecular weight is 176 g/mol. The predicted octanol–water partition coefficient (Wildman–Crippen LogP) is 1.25. The van der Waals surface area contributed by atoms with Crippen molar-refractivity contribution in [2.45, 2.75) is 26.7 Å². The van der Waals surface area contributed by atoms with Gasteiger partial charge in [-0.25, -0.2) is 4.98 Å². The van der Waals surface area contributed by atoms with E-state index in [1.165, 1.54) is 5.69 Å².